The third-order valence-electron chi connectivity index (χ3n) is 7.34. The van der Waals surface area contributed by atoms with Crippen molar-refractivity contribution in [2.45, 2.75) is 0 Å². The molecule has 0 spiro atoms. The van der Waals surface area contributed by atoms with Crippen LogP contribution in [0.15, 0.2) is 72.8 Å². The lowest BCUT2D eigenvalue weighted by molar-refractivity contribution is 0.103. The van der Waals surface area contributed by atoms with Crippen LogP contribution in [0, 0.1) is 0 Å². The lowest BCUT2D eigenvalue weighted by atomic mass is 10.0. The minimum atomic E-state index is -0.143. The van der Waals surface area contributed by atoms with E-state index in [0.717, 1.165) is 32.7 Å². The van der Waals surface area contributed by atoms with Crippen LogP contribution in [0.3, 0.4) is 0 Å². The molecule has 2 aliphatic carbocycles. The molecule has 8 aromatic rings. The van der Waals surface area contributed by atoms with Crippen LogP contribution in [0.5, 0.6) is 0 Å². The van der Waals surface area contributed by atoms with Crippen molar-refractivity contribution in [1.29, 1.82) is 0 Å². The summed E-state index contributed by atoms with van der Waals surface area (Å²) < 4.78 is 2.40. The molecule has 0 saturated carbocycles. The van der Waals surface area contributed by atoms with Gasteiger partial charge in [-0.2, -0.15) is 0 Å². The number of ketones is 2. The lowest BCUT2D eigenvalue weighted by Crippen LogP contribution is -2.06. The van der Waals surface area contributed by atoms with Crippen LogP contribution in [-0.2, 0) is 0 Å². The number of hydrogen-bond acceptors (Lipinski definition) is 12. The summed E-state index contributed by atoms with van der Waals surface area (Å²) in [6.07, 6.45) is 0. The van der Waals surface area contributed by atoms with Gasteiger partial charge < -0.3 is 0 Å². The molecule has 0 atom stereocenters. The summed E-state index contributed by atoms with van der Waals surface area (Å²) >= 11 is 0. The molecule has 4 aromatic carbocycles. The molecule has 2 aliphatic rings. The first kappa shape index (κ1) is 22.4. The SMILES string of the molecule is O=C1c2cc3ccccc3cc2-c2nc3nnnn3nc21.O=C1c2cc3ccccc3cc2-c2nn3nnnc3nc21. The highest BCUT2D eigenvalue weighted by Crippen LogP contribution is 2.37. The normalized spacial score (nSPS) is 12.9. The van der Waals surface area contributed by atoms with Crippen molar-refractivity contribution in [2.24, 2.45) is 0 Å². The van der Waals surface area contributed by atoms with Gasteiger partial charge in [-0.05, 0) is 66.7 Å². The van der Waals surface area contributed by atoms with Gasteiger partial charge in [0.05, 0.1) is 0 Å². The fourth-order valence-corrected chi connectivity index (χ4v) is 5.39. The predicted octanol–water partition coefficient (Wildman–Crippen LogP) is 2.56. The Balaban J connectivity index is 0.000000119. The molecule has 0 bridgehead atoms. The van der Waals surface area contributed by atoms with Crippen molar-refractivity contribution in [3.63, 3.8) is 0 Å². The predicted molar refractivity (Wildman–Crippen MR) is 145 cm³/mol. The zero-order chi connectivity index (χ0) is 27.9. The Kier molecular flexibility index (Phi) is 4.29. The molecule has 0 aliphatic heterocycles. The van der Waals surface area contributed by atoms with Crippen LogP contribution in [0.2, 0.25) is 0 Å². The number of carbonyl (C=O) groups excluding carboxylic acids is 2. The van der Waals surface area contributed by atoms with Crippen LogP contribution in [-0.4, -0.2) is 72.0 Å². The number of benzene rings is 4. The number of fused-ring (bicyclic) bond motifs is 10. The Morgan fingerprint density at radius 3 is 1.45 bits per heavy atom. The van der Waals surface area contributed by atoms with Crippen molar-refractivity contribution in [2.75, 3.05) is 0 Å². The van der Waals surface area contributed by atoms with Gasteiger partial charge in [-0.3, -0.25) is 9.59 Å². The van der Waals surface area contributed by atoms with E-state index in [4.69, 9.17) is 0 Å². The quantitative estimate of drug-likeness (QED) is 0.271. The van der Waals surface area contributed by atoms with Crippen LogP contribution in [0.1, 0.15) is 32.1 Å². The minimum absolute atomic E-state index is 0.135. The topological polar surface area (TPSA) is 172 Å². The van der Waals surface area contributed by atoms with Gasteiger partial charge >= 0.3 is 0 Å². The van der Waals surface area contributed by atoms with Crippen molar-refractivity contribution < 1.29 is 9.59 Å². The zero-order valence-corrected chi connectivity index (χ0v) is 21.1. The Labute approximate surface area is 232 Å². The zero-order valence-electron chi connectivity index (χ0n) is 21.1. The fraction of sp³-hybridized carbons (Fsp3) is 0. The van der Waals surface area contributed by atoms with Crippen LogP contribution in [0.25, 0.3) is 55.6 Å². The maximum Gasteiger partial charge on any atom is 0.292 e. The van der Waals surface area contributed by atoms with Gasteiger partial charge in [0, 0.05) is 22.3 Å². The Morgan fingerprint density at radius 2 is 0.905 bits per heavy atom. The van der Waals surface area contributed by atoms with Gasteiger partial charge in [-0.1, -0.05) is 68.0 Å². The third kappa shape index (κ3) is 3.08. The molecule has 4 aromatic heterocycles. The lowest BCUT2D eigenvalue weighted by Gasteiger charge is -2.02. The molecular formula is C28H12N12O2. The van der Waals surface area contributed by atoms with Gasteiger partial charge in [0.1, 0.15) is 17.1 Å². The van der Waals surface area contributed by atoms with E-state index in [1.54, 1.807) is 0 Å². The van der Waals surface area contributed by atoms with Gasteiger partial charge in [0.25, 0.3) is 11.6 Å². The maximum absolute atomic E-state index is 12.5. The number of tetrazole rings is 2. The molecule has 0 amide bonds. The molecule has 4 heterocycles. The first-order valence-corrected chi connectivity index (χ1v) is 12.7. The van der Waals surface area contributed by atoms with E-state index < -0.39 is 0 Å². The summed E-state index contributed by atoms with van der Waals surface area (Å²) in [6.45, 7) is 0. The largest absolute Gasteiger partial charge is 0.292 e. The second-order valence-electron chi connectivity index (χ2n) is 9.70. The summed E-state index contributed by atoms with van der Waals surface area (Å²) in [5, 5.41) is 34.5. The first-order valence-electron chi connectivity index (χ1n) is 12.7. The number of rotatable bonds is 0. The van der Waals surface area contributed by atoms with Crippen LogP contribution in [0.4, 0.5) is 0 Å². The standard InChI is InChI=1S/2C14H6N6O/c21-13-10-6-8-4-2-1-3-7(8)5-9(10)11-12(13)15-14-16-18-19-20(14)17-11;21-13-10-6-8-4-2-1-3-7(8)5-9(10)11-12(13)17-20-14(15-11)16-18-19-20/h2*1-6H. The van der Waals surface area contributed by atoms with Gasteiger partial charge in [0.15, 0.2) is 5.69 Å². The van der Waals surface area contributed by atoms with Crippen molar-refractivity contribution >= 4 is 44.7 Å². The molecule has 0 saturated heterocycles. The number of nitrogens with zero attached hydrogens (tertiary/aromatic N) is 12. The highest BCUT2D eigenvalue weighted by molar-refractivity contribution is 6.22. The number of hydrogen-bond donors (Lipinski definition) is 0. The monoisotopic (exact) mass is 548 g/mol. The number of carbonyl (C=O) groups is 2. The Morgan fingerprint density at radius 1 is 0.476 bits per heavy atom. The summed E-state index contributed by atoms with van der Waals surface area (Å²) in [5.41, 5.74) is 4.46. The van der Waals surface area contributed by atoms with Crippen LogP contribution < -0.4 is 0 Å². The summed E-state index contributed by atoms with van der Waals surface area (Å²) in [6, 6.07) is 23.5. The van der Waals surface area contributed by atoms with Crippen LogP contribution >= 0.6 is 0 Å². The van der Waals surface area contributed by atoms with E-state index in [1.165, 1.54) is 9.26 Å². The molecule has 14 heteroatoms. The fourth-order valence-electron chi connectivity index (χ4n) is 5.39. The molecule has 0 fully saturated rings. The molecule has 42 heavy (non-hydrogen) atoms. The van der Waals surface area contributed by atoms with Gasteiger partial charge in [-0.15, -0.1) is 10.2 Å². The highest BCUT2D eigenvalue weighted by Gasteiger charge is 2.32. The molecule has 196 valence electrons. The van der Waals surface area contributed by atoms with Crippen molar-refractivity contribution in [1.82, 2.24) is 60.5 Å². The Hall–Kier alpha value is -6.44. The summed E-state index contributed by atoms with van der Waals surface area (Å²) in [5.74, 6) is 0.224. The molecular weight excluding hydrogens is 536 g/mol. The van der Waals surface area contributed by atoms with E-state index in [2.05, 4.69) is 51.2 Å². The minimum Gasteiger partial charge on any atom is -0.287 e. The average Bonchev–Trinajstić information content (AvgIpc) is 3.80. The van der Waals surface area contributed by atoms with E-state index in [0.29, 0.717) is 33.9 Å². The van der Waals surface area contributed by atoms with Crippen molar-refractivity contribution in [3.05, 3.63) is 95.3 Å². The molecule has 0 N–H and O–H groups in total. The number of aromatic nitrogens is 12. The van der Waals surface area contributed by atoms with E-state index in [1.807, 2.05) is 72.8 Å². The second kappa shape index (κ2) is 8.04. The second-order valence-corrected chi connectivity index (χ2v) is 9.70. The van der Waals surface area contributed by atoms with Crippen molar-refractivity contribution in [3.8, 4) is 22.5 Å². The Bertz CT molecular complexity index is 2310. The van der Waals surface area contributed by atoms with E-state index in [9.17, 15) is 9.59 Å². The molecule has 0 unspecified atom stereocenters. The summed E-state index contributed by atoms with van der Waals surface area (Å²) in [7, 11) is 0. The first-order chi connectivity index (χ1) is 20.6. The smallest absolute Gasteiger partial charge is 0.287 e. The van der Waals surface area contributed by atoms with Gasteiger partial charge in [-0.25, -0.2) is 9.97 Å². The molecule has 0 radical (unpaired) electrons. The average molecular weight is 548 g/mol. The highest BCUT2D eigenvalue weighted by atomic mass is 16.1. The summed E-state index contributed by atoms with van der Waals surface area (Å²) in [4.78, 5) is 33.6. The molecule has 14 nitrogen and oxygen atoms in total. The third-order valence-corrected chi connectivity index (χ3v) is 7.34. The van der Waals surface area contributed by atoms with E-state index in [-0.39, 0.29) is 23.1 Å². The van der Waals surface area contributed by atoms with Gasteiger partial charge in [0.2, 0.25) is 11.6 Å². The maximum atomic E-state index is 12.5. The van der Waals surface area contributed by atoms with E-state index >= 15 is 0 Å². The molecule has 10 rings (SSSR count).